The Hall–Kier alpha value is -0.920. The maximum atomic E-state index is 11.3. The number of nitrogens with one attached hydrogen (secondary N) is 1. The lowest BCUT2D eigenvalue weighted by Gasteiger charge is -2.25. The van der Waals surface area contributed by atoms with Gasteiger partial charge < -0.3 is 10.4 Å². The van der Waals surface area contributed by atoms with E-state index in [1.54, 1.807) is 0 Å². The predicted molar refractivity (Wildman–Crippen MR) is 67.0 cm³/mol. The molecule has 0 radical (unpaired) electrons. The summed E-state index contributed by atoms with van der Waals surface area (Å²) in [5.74, 6) is 0. The van der Waals surface area contributed by atoms with Gasteiger partial charge in [0.25, 0.3) is 0 Å². The molecule has 7 heteroatoms. The van der Waals surface area contributed by atoms with Crippen LogP contribution in [0.1, 0.15) is 19.3 Å². The Morgan fingerprint density at radius 3 is 2.94 bits per heavy atom. The van der Waals surface area contributed by atoms with Crippen molar-refractivity contribution >= 4 is 9.84 Å². The van der Waals surface area contributed by atoms with Crippen molar-refractivity contribution in [2.45, 2.75) is 36.3 Å². The Bertz CT molecular complexity index is 501. The zero-order valence-electron chi connectivity index (χ0n) is 10.5. The molecule has 0 amide bonds. The molecule has 1 saturated heterocycles. The number of aromatic nitrogens is 2. The van der Waals surface area contributed by atoms with Crippen LogP contribution in [-0.4, -0.2) is 48.3 Å². The van der Waals surface area contributed by atoms with E-state index in [-0.39, 0.29) is 4.90 Å². The number of nitrogens with zero attached hydrogens (tertiary/aromatic N) is 2. The van der Waals surface area contributed by atoms with E-state index in [9.17, 15) is 13.5 Å². The molecule has 0 aliphatic carbocycles. The van der Waals surface area contributed by atoms with Crippen molar-refractivity contribution in [3.8, 4) is 0 Å². The molecule has 2 rings (SSSR count). The van der Waals surface area contributed by atoms with E-state index >= 15 is 0 Å². The summed E-state index contributed by atoms with van der Waals surface area (Å²) in [4.78, 5) is 0.192. The first kappa shape index (κ1) is 13.5. The van der Waals surface area contributed by atoms with E-state index in [1.807, 2.05) is 0 Å². The number of hydrogen-bond acceptors (Lipinski definition) is 5. The molecule has 2 heterocycles. The van der Waals surface area contributed by atoms with Crippen molar-refractivity contribution in [1.29, 1.82) is 0 Å². The zero-order valence-corrected chi connectivity index (χ0v) is 11.3. The molecule has 2 N–H and O–H groups in total. The van der Waals surface area contributed by atoms with Gasteiger partial charge in [0.15, 0.2) is 9.84 Å². The van der Waals surface area contributed by atoms with Gasteiger partial charge in [0.1, 0.15) is 4.90 Å². The third-order valence-corrected chi connectivity index (χ3v) is 4.32. The van der Waals surface area contributed by atoms with Gasteiger partial charge >= 0.3 is 0 Å². The van der Waals surface area contributed by atoms with Crippen molar-refractivity contribution < 1.29 is 13.5 Å². The minimum Gasteiger partial charge on any atom is -0.388 e. The monoisotopic (exact) mass is 273 g/mol. The van der Waals surface area contributed by atoms with Gasteiger partial charge in [-0.25, -0.2) is 8.42 Å². The standard InChI is InChI=1S/C11H19N3O3S/c1-18(16,17)10-7-13-14(8-10)9-11(15)3-2-5-12-6-4-11/h7-8,12,15H,2-6,9H2,1H3. The third kappa shape index (κ3) is 3.30. The molecule has 6 nitrogen and oxygen atoms in total. The molecule has 1 unspecified atom stereocenters. The molecule has 102 valence electrons. The lowest BCUT2D eigenvalue weighted by molar-refractivity contribution is 0.00791. The SMILES string of the molecule is CS(=O)(=O)c1cnn(CC2(O)CCCNCC2)c1. The topological polar surface area (TPSA) is 84.2 Å². The van der Waals surface area contributed by atoms with Crippen LogP contribution < -0.4 is 5.32 Å². The highest BCUT2D eigenvalue weighted by molar-refractivity contribution is 7.90. The number of sulfone groups is 1. The van der Waals surface area contributed by atoms with Gasteiger partial charge in [0.2, 0.25) is 0 Å². The molecular formula is C11H19N3O3S. The fraction of sp³-hybridized carbons (Fsp3) is 0.727. The van der Waals surface area contributed by atoms with Crippen LogP contribution in [0.25, 0.3) is 0 Å². The van der Waals surface area contributed by atoms with Gasteiger partial charge in [0, 0.05) is 12.5 Å². The summed E-state index contributed by atoms with van der Waals surface area (Å²) < 4.78 is 24.2. The number of hydrogen-bond donors (Lipinski definition) is 2. The minimum atomic E-state index is -3.23. The predicted octanol–water partition coefficient (Wildman–Crippen LogP) is -0.209. The molecule has 1 fully saturated rings. The van der Waals surface area contributed by atoms with Gasteiger partial charge in [-0.05, 0) is 32.4 Å². The van der Waals surface area contributed by atoms with Crippen LogP contribution in [0.2, 0.25) is 0 Å². The molecular weight excluding hydrogens is 254 g/mol. The van der Waals surface area contributed by atoms with Crippen LogP contribution in [0.4, 0.5) is 0 Å². The summed E-state index contributed by atoms with van der Waals surface area (Å²) in [6, 6.07) is 0. The van der Waals surface area contributed by atoms with Gasteiger partial charge in [-0.1, -0.05) is 0 Å². The highest BCUT2D eigenvalue weighted by atomic mass is 32.2. The van der Waals surface area contributed by atoms with E-state index in [0.717, 1.165) is 25.8 Å². The molecule has 0 bridgehead atoms. The molecule has 1 atom stereocenters. The van der Waals surface area contributed by atoms with Crippen LogP contribution in [0.3, 0.4) is 0 Å². The van der Waals surface area contributed by atoms with Crippen LogP contribution in [0, 0.1) is 0 Å². The van der Waals surface area contributed by atoms with E-state index in [2.05, 4.69) is 10.4 Å². The first-order valence-electron chi connectivity index (χ1n) is 6.05. The van der Waals surface area contributed by atoms with Gasteiger partial charge in [0.05, 0.1) is 18.3 Å². The highest BCUT2D eigenvalue weighted by Gasteiger charge is 2.29. The largest absolute Gasteiger partial charge is 0.388 e. The average molecular weight is 273 g/mol. The quantitative estimate of drug-likeness (QED) is 0.796. The molecule has 0 spiro atoms. The van der Waals surface area contributed by atoms with Gasteiger partial charge in [-0.3, -0.25) is 4.68 Å². The van der Waals surface area contributed by atoms with E-state index in [0.29, 0.717) is 19.4 Å². The Morgan fingerprint density at radius 2 is 2.28 bits per heavy atom. The first-order chi connectivity index (χ1) is 8.39. The molecule has 0 saturated carbocycles. The van der Waals surface area contributed by atoms with Crippen molar-refractivity contribution in [1.82, 2.24) is 15.1 Å². The van der Waals surface area contributed by atoms with Crippen LogP contribution in [-0.2, 0) is 16.4 Å². The second-order valence-electron chi connectivity index (χ2n) is 4.97. The summed E-state index contributed by atoms with van der Waals surface area (Å²) in [5.41, 5.74) is -0.801. The van der Waals surface area contributed by atoms with Gasteiger partial charge in [-0.15, -0.1) is 0 Å². The maximum Gasteiger partial charge on any atom is 0.178 e. The Balaban J connectivity index is 2.11. The Kier molecular flexibility index (Phi) is 3.74. The highest BCUT2D eigenvalue weighted by Crippen LogP contribution is 2.22. The fourth-order valence-electron chi connectivity index (χ4n) is 2.20. The Morgan fingerprint density at radius 1 is 1.50 bits per heavy atom. The van der Waals surface area contributed by atoms with Crippen molar-refractivity contribution in [3.05, 3.63) is 12.4 Å². The van der Waals surface area contributed by atoms with Gasteiger partial charge in [-0.2, -0.15) is 5.10 Å². The van der Waals surface area contributed by atoms with E-state index in [4.69, 9.17) is 0 Å². The van der Waals surface area contributed by atoms with Crippen molar-refractivity contribution in [2.24, 2.45) is 0 Å². The number of rotatable bonds is 3. The summed E-state index contributed by atoms with van der Waals surface area (Å²) in [5, 5.41) is 17.7. The summed E-state index contributed by atoms with van der Waals surface area (Å²) in [6.45, 7) is 2.02. The third-order valence-electron chi connectivity index (χ3n) is 3.26. The summed E-state index contributed by atoms with van der Waals surface area (Å²) in [7, 11) is -3.23. The minimum absolute atomic E-state index is 0.192. The molecule has 1 aromatic heterocycles. The van der Waals surface area contributed by atoms with Crippen molar-refractivity contribution in [2.75, 3.05) is 19.3 Å². The Labute approximate surface area is 107 Å². The molecule has 1 aromatic rings. The zero-order chi connectivity index (χ0) is 13.2. The molecule has 18 heavy (non-hydrogen) atoms. The normalized spacial score (nSPS) is 25.9. The fourth-order valence-corrected chi connectivity index (χ4v) is 2.75. The molecule has 1 aliphatic heterocycles. The average Bonchev–Trinajstić information content (AvgIpc) is 2.61. The smallest absolute Gasteiger partial charge is 0.178 e. The van der Waals surface area contributed by atoms with E-state index in [1.165, 1.54) is 17.1 Å². The lowest BCUT2D eigenvalue weighted by atomic mass is 9.95. The van der Waals surface area contributed by atoms with Crippen LogP contribution in [0.15, 0.2) is 17.3 Å². The summed E-state index contributed by atoms with van der Waals surface area (Å²) in [6.07, 6.45) is 6.23. The summed E-state index contributed by atoms with van der Waals surface area (Å²) >= 11 is 0. The molecule has 0 aromatic carbocycles. The van der Waals surface area contributed by atoms with Crippen LogP contribution >= 0.6 is 0 Å². The lowest BCUT2D eigenvalue weighted by Crippen LogP contribution is -2.35. The van der Waals surface area contributed by atoms with Crippen molar-refractivity contribution in [3.63, 3.8) is 0 Å². The second-order valence-corrected chi connectivity index (χ2v) is 6.99. The molecule has 1 aliphatic rings. The maximum absolute atomic E-state index is 11.3. The van der Waals surface area contributed by atoms with Crippen LogP contribution in [0.5, 0.6) is 0 Å². The van der Waals surface area contributed by atoms with E-state index < -0.39 is 15.4 Å². The first-order valence-corrected chi connectivity index (χ1v) is 7.94. The number of aliphatic hydroxyl groups is 1. The second kappa shape index (κ2) is 4.99.